The van der Waals surface area contributed by atoms with Gasteiger partial charge in [-0.15, -0.1) is 0 Å². The highest BCUT2D eigenvalue weighted by Crippen LogP contribution is 2.23. The van der Waals surface area contributed by atoms with Gasteiger partial charge in [0.2, 0.25) is 0 Å². The largest absolute Gasteiger partial charge is 0.335 e. The first kappa shape index (κ1) is 18.7. The molecule has 0 unspecified atom stereocenters. The quantitative estimate of drug-likeness (QED) is 0.878. The van der Waals surface area contributed by atoms with Gasteiger partial charge in [-0.25, -0.2) is 0 Å². The maximum atomic E-state index is 13.0. The van der Waals surface area contributed by atoms with Crippen LogP contribution in [-0.2, 0) is 13.0 Å². The summed E-state index contributed by atoms with van der Waals surface area (Å²) in [6, 6.07) is 7.64. The highest BCUT2D eigenvalue weighted by atomic mass is 16.2. The van der Waals surface area contributed by atoms with E-state index in [0.717, 1.165) is 49.5 Å². The van der Waals surface area contributed by atoms with Gasteiger partial charge in [-0.05, 0) is 25.6 Å². The lowest BCUT2D eigenvalue weighted by Crippen LogP contribution is -2.48. The van der Waals surface area contributed by atoms with Crippen LogP contribution in [0.2, 0.25) is 0 Å². The van der Waals surface area contributed by atoms with Crippen molar-refractivity contribution in [2.75, 3.05) is 39.3 Å². The second-order valence-electron chi connectivity index (χ2n) is 7.60. The van der Waals surface area contributed by atoms with Gasteiger partial charge in [-0.2, -0.15) is 5.10 Å². The summed E-state index contributed by atoms with van der Waals surface area (Å²) in [6.45, 7) is 9.42. The van der Waals surface area contributed by atoms with E-state index in [4.69, 9.17) is 0 Å². The molecule has 1 N–H and O–H groups in total. The van der Waals surface area contributed by atoms with Crippen LogP contribution in [0.1, 0.15) is 44.6 Å². The summed E-state index contributed by atoms with van der Waals surface area (Å²) >= 11 is 0. The zero-order chi connectivity index (χ0) is 19.7. The molecule has 1 fully saturated rings. The number of aromatic amines is 1. The van der Waals surface area contributed by atoms with Gasteiger partial charge in [0.25, 0.3) is 11.8 Å². The van der Waals surface area contributed by atoms with Gasteiger partial charge in [-0.1, -0.05) is 24.6 Å². The van der Waals surface area contributed by atoms with Gasteiger partial charge in [-0.3, -0.25) is 14.7 Å². The molecule has 4 rings (SSSR count). The van der Waals surface area contributed by atoms with Crippen LogP contribution >= 0.6 is 0 Å². The van der Waals surface area contributed by atoms with Crippen molar-refractivity contribution in [3.05, 3.63) is 52.3 Å². The first-order chi connectivity index (χ1) is 13.6. The van der Waals surface area contributed by atoms with Crippen LogP contribution in [0.4, 0.5) is 0 Å². The number of nitrogens with zero attached hydrogens (tertiary/aromatic N) is 4. The molecule has 0 atom stereocenters. The van der Waals surface area contributed by atoms with Crippen LogP contribution in [0.3, 0.4) is 0 Å². The molecule has 28 heavy (non-hydrogen) atoms. The fourth-order valence-corrected chi connectivity index (χ4v) is 4.02. The van der Waals surface area contributed by atoms with Crippen molar-refractivity contribution in [1.82, 2.24) is 24.9 Å². The van der Waals surface area contributed by atoms with E-state index in [2.05, 4.69) is 22.0 Å². The van der Waals surface area contributed by atoms with E-state index >= 15 is 0 Å². The van der Waals surface area contributed by atoms with E-state index < -0.39 is 0 Å². The van der Waals surface area contributed by atoms with E-state index in [1.807, 2.05) is 41.0 Å². The van der Waals surface area contributed by atoms with Crippen molar-refractivity contribution in [3.8, 4) is 0 Å². The Balaban J connectivity index is 1.50. The third kappa shape index (κ3) is 3.54. The standard InChI is InChI=1S/C21H27N5O2/c1-3-24-9-11-25(12-10-24)21(28)19-17-14-26(8-7-18(17)22-23-19)20(27)16-6-4-5-15(2)13-16/h4-6,13H,3,7-12,14H2,1-2H3,(H,22,23). The predicted octanol–water partition coefficient (Wildman–Crippen LogP) is 1.69. The summed E-state index contributed by atoms with van der Waals surface area (Å²) in [5, 5.41) is 7.35. The number of benzene rings is 1. The highest BCUT2D eigenvalue weighted by Gasteiger charge is 2.31. The van der Waals surface area contributed by atoms with Crippen LogP contribution in [0, 0.1) is 6.92 Å². The average molecular weight is 381 g/mol. The molecule has 7 nitrogen and oxygen atoms in total. The number of amides is 2. The summed E-state index contributed by atoms with van der Waals surface area (Å²) in [5.74, 6) is -0.0244. The molecule has 1 aromatic carbocycles. The molecule has 0 saturated carbocycles. The maximum Gasteiger partial charge on any atom is 0.274 e. The molecule has 2 aliphatic rings. The molecule has 1 saturated heterocycles. The average Bonchev–Trinajstić information content (AvgIpc) is 3.16. The zero-order valence-corrected chi connectivity index (χ0v) is 16.6. The zero-order valence-electron chi connectivity index (χ0n) is 16.6. The Kier molecular flexibility index (Phi) is 5.17. The van der Waals surface area contributed by atoms with Gasteiger partial charge in [0, 0.05) is 56.0 Å². The molecule has 0 spiro atoms. The Morgan fingerprint density at radius 3 is 2.57 bits per heavy atom. The number of piperazine rings is 1. The monoisotopic (exact) mass is 381 g/mol. The molecule has 2 amide bonds. The second kappa shape index (κ2) is 7.75. The molecular weight excluding hydrogens is 354 g/mol. The lowest BCUT2D eigenvalue weighted by atomic mass is 10.0. The summed E-state index contributed by atoms with van der Waals surface area (Å²) in [5.41, 5.74) is 4.07. The molecule has 2 aromatic rings. The smallest absolute Gasteiger partial charge is 0.274 e. The van der Waals surface area contributed by atoms with Crippen LogP contribution in [0.5, 0.6) is 0 Å². The van der Waals surface area contributed by atoms with E-state index in [0.29, 0.717) is 30.8 Å². The first-order valence-corrected chi connectivity index (χ1v) is 10.0. The fraction of sp³-hybridized carbons (Fsp3) is 0.476. The number of aromatic nitrogens is 2. The molecule has 1 aromatic heterocycles. The van der Waals surface area contributed by atoms with Gasteiger partial charge in [0.1, 0.15) is 0 Å². The number of carbonyl (C=O) groups excluding carboxylic acids is 2. The third-order valence-corrected chi connectivity index (χ3v) is 5.80. The van der Waals surface area contributed by atoms with Crippen LogP contribution < -0.4 is 0 Å². The first-order valence-electron chi connectivity index (χ1n) is 10.0. The van der Waals surface area contributed by atoms with Gasteiger partial charge in [0.05, 0.1) is 6.54 Å². The molecule has 3 heterocycles. The number of fused-ring (bicyclic) bond motifs is 1. The Hall–Kier alpha value is -2.67. The summed E-state index contributed by atoms with van der Waals surface area (Å²) in [6.07, 6.45) is 0.691. The van der Waals surface area contributed by atoms with Crippen molar-refractivity contribution >= 4 is 11.8 Å². The lowest BCUT2D eigenvalue weighted by molar-refractivity contribution is 0.0629. The maximum absolute atomic E-state index is 13.0. The summed E-state index contributed by atoms with van der Waals surface area (Å²) < 4.78 is 0. The van der Waals surface area contributed by atoms with Gasteiger partial charge in [0.15, 0.2) is 5.69 Å². The molecule has 2 aliphatic heterocycles. The minimum absolute atomic E-state index is 0.00510. The summed E-state index contributed by atoms with van der Waals surface area (Å²) in [7, 11) is 0. The number of likely N-dealkylation sites (N-methyl/N-ethyl adjacent to an activating group) is 1. The van der Waals surface area contributed by atoms with E-state index in [1.165, 1.54) is 0 Å². The molecule has 7 heteroatoms. The number of nitrogens with one attached hydrogen (secondary N) is 1. The van der Waals surface area contributed by atoms with Crippen LogP contribution in [-0.4, -0.2) is 76.0 Å². The highest BCUT2D eigenvalue weighted by molar-refractivity contribution is 5.96. The minimum Gasteiger partial charge on any atom is -0.335 e. The fourth-order valence-electron chi connectivity index (χ4n) is 4.02. The van der Waals surface area contributed by atoms with Crippen molar-refractivity contribution in [1.29, 1.82) is 0 Å². The Morgan fingerprint density at radius 2 is 1.86 bits per heavy atom. The summed E-state index contributed by atoms with van der Waals surface area (Å²) in [4.78, 5) is 32.0. The van der Waals surface area contributed by atoms with Gasteiger partial charge >= 0.3 is 0 Å². The molecule has 0 aliphatic carbocycles. The number of H-pyrrole nitrogens is 1. The van der Waals surface area contributed by atoms with E-state index in [-0.39, 0.29) is 11.8 Å². The van der Waals surface area contributed by atoms with Gasteiger partial charge < -0.3 is 14.7 Å². The van der Waals surface area contributed by atoms with Crippen molar-refractivity contribution in [2.45, 2.75) is 26.8 Å². The van der Waals surface area contributed by atoms with E-state index in [1.54, 1.807) is 0 Å². The van der Waals surface area contributed by atoms with Crippen LogP contribution in [0.25, 0.3) is 0 Å². The Bertz CT molecular complexity index is 883. The second-order valence-corrected chi connectivity index (χ2v) is 7.60. The number of hydrogen-bond donors (Lipinski definition) is 1. The Labute approximate surface area is 165 Å². The van der Waals surface area contributed by atoms with Crippen molar-refractivity contribution in [2.24, 2.45) is 0 Å². The number of hydrogen-bond acceptors (Lipinski definition) is 4. The third-order valence-electron chi connectivity index (χ3n) is 5.80. The molecular formula is C21H27N5O2. The minimum atomic E-state index is -0.0295. The number of carbonyl (C=O) groups is 2. The molecule has 0 radical (unpaired) electrons. The topological polar surface area (TPSA) is 72.5 Å². The van der Waals surface area contributed by atoms with Crippen molar-refractivity contribution in [3.63, 3.8) is 0 Å². The molecule has 0 bridgehead atoms. The SMILES string of the molecule is CCN1CCN(C(=O)c2n[nH]c3c2CN(C(=O)c2cccc(C)c2)CC3)CC1. The normalized spacial score (nSPS) is 17.5. The Morgan fingerprint density at radius 1 is 1.07 bits per heavy atom. The lowest BCUT2D eigenvalue weighted by Gasteiger charge is -2.34. The number of rotatable bonds is 3. The van der Waals surface area contributed by atoms with Crippen LogP contribution in [0.15, 0.2) is 24.3 Å². The van der Waals surface area contributed by atoms with Crippen molar-refractivity contribution < 1.29 is 9.59 Å². The molecule has 148 valence electrons. The number of aryl methyl sites for hydroxylation is 1. The van der Waals surface area contributed by atoms with E-state index in [9.17, 15) is 9.59 Å². The predicted molar refractivity (Wildman–Crippen MR) is 106 cm³/mol.